The monoisotopic (exact) mass is 468 g/mol. The van der Waals surface area contributed by atoms with Gasteiger partial charge in [0.2, 0.25) is 0 Å². The topological polar surface area (TPSA) is 53.6 Å². The Hall–Kier alpha value is -1.67. The number of nitrogens with two attached hydrogens (primary N) is 1. The Morgan fingerprint density at radius 2 is 1.85 bits per heavy atom. The number of likely N-dealkylation sites (N-methyl/N-ethyl adjacent to an activating group) is 1. The third-order valence-corrected chi connectivity index (χ3v) is 4.68. The van der Waals surface area contributed by atoms with Gasteiger partial charge in [-0.1, -0.05) is 18.2 Å². The van der Waals surface area contributed by atoms with E-state index in [1.165, 1.54) is 36.1 Å². The van der Waals surface area contributed by atoms with Crippen molar-refractivity contribution < 1.29 is 4.39 Å². The first-order valence-corrected chi connectivity index (χ1v) is 8.63. The Morgan fingerprint density at radius 1 is 1.15 bits per heavy atom. The minimum absolute atomic E-state index is 0. The molecule has 1 aliphatic rings. The summed E-state index contributed by atoms with van der Waals surface area (Å²) in [5.41, 5.74) is 10.9. The van der Waals surface area contributed by atoms with Crippen LogP contribution in [-0.2, 0) is 12.8 Å². The first kappa shape index (κ1) is 20.6. The largest absolute Gasteiger partial charge is 0.370 e. The average Bonchev–Trinajstić information content (AvgIpc) is 3.04. The van der Waals surface area contributed by atoms with Gasteiger partial charge in [-0.25, -0.2) is 4.39 Å². The maximum Gasteiger partial charge on any atom is 0.193 e. The third-order valence-electron chi connectivity index (χ3n) is 4.68. The highest BCUT2D eigenvalue weighted by Gasteiger charge is 2.14. The van der Waals surface area contributed by atoms with Crippen molar-refractivity contribution in [2.75, 3.05) is 26.0 Å². The van der Waals surface area contributed by atoms with Gasteiger partial charge in [0.1, 0.15) is 5.82 Å². The molecule has 0 saturated carbocycles. The smallest absolute Gasteiger partial charge is 0.193 e. The molecule has 0 radical (unpaired) electrons. The molecule has 2 aromatic carbocycles. The van der Waals surface area contributed by atoms with Crippen LogP contribution >= 0.6 is 24.0 Å². The van der Waals surface area contributed by atoms with Crippen LogP contribution in [0, 0.1) is 5.82 Å². The average molecular weight is 468 g/mol. The number of nitrogens with one attached hydrogen (secondary N) is 1. The molecule has 1 unspecified atom stereocenters. The Kier molecular flexibility index (Phi) is 7.40. The van der Waals surface area contributed by atoms with Crippen molar-refractivity contribution in [3.63, 3.8) is 0 Å². The van der Waals surface area contributed by atoms with Crippen LogP contribution in [0.15, 0.2) is 47.5 Å². The molecule has 4 nitrogen and oxygen atoms in total. The van der Waals surface area contributed by atoms with E-state index in [0.717, 1.165) is 17.7 Å². The van der Waals surface area contributed by atoms with Gasteiger partial charge in [-0.05, 0) is 74.3 Å². The molecule has 26 heavy (non-hydrogen) atoms. The molecular weight excluding hydrogens is 442 g/mol. The van der Waals surface area contributed by atoms with E-state index in [4.69, 9.17) is 5.73 Å². The van der Waals surface area contributed by atoms with Crippen LogP contribution in [0.3, 0.4) is 0 Å². The fourth-order valence-electron chi connectivity index (χ4n) is 3.27. The van der Waals surface area contributed by atoms with Crippen LogP contribution in [0.4, 0.5) is 10.1 Å². The SMILES string of the molecule is CN(C)C(CN=C(N)Nc1ccc2c(c1)CCC2)c1ccc(F)cc1.I. The molecule has 0 bridgehead atoms. The number of nitrogens with zero attached hydrogens (tertiary/aromatic N) is 2. The quantitative estimate of drug-likeness (QED) is 0.397. The first-order chi connectivity index (χ1) is 12.0. The molecule has 6 heteroatoms. The lowest BCUT2D eigenvalue weighted by atomic mass is 10.1. The van der Waals surface area contributed by atoms with Gasteiger partial charge in [0.15, 0.2) is 5.96 Å². The molecule has 0 fully saturated rings. The van der Waals surface area contributed by atoms with Gasteiger partial charge in [-0.3, -0.25) is 4.99 Å². The second kappa shape index (κ2) is 9.32. The summed E-state index contributed by atoms with van der Waals surface area (Å²) < 4.78 is 13.1. The Labute approximate surface area is 171 Å². The Balaban J connectivity index is 0.00000243. The van der Waals surface area contributed by atoms with Crippen molar-refractivity contribution >= 4 is 35.6 Å². The molecule has 0 saturated heterocycles. The van der Waals surface area contributed by atoms with Gasteiger partial charge in [-0.15, -0.1) is 24.0 Å². The van der Waals surface area contributed by atoms with Crippen LogP contribution in [-0.4, -0.2) is 31.5 Å². The Morgan fingerprint density at radius 3 is 2.54 bits per heavy atom. The van der Waals surface area contributed by atoms with Crippen LogP contribution in [0.5, 0.6) is 0 Å². The number of halogens is 2. The standard InChI is InChI=1S/C20H25FN4.HI/c1-25(2)19(15-6-9-17(21)10-7-15)13-23-20(22)24-18-11-8-14-4-3-5-16(14)12-18;/h6-12,19H,3-5,13H2,1-2H3,(H3,22,23,24);1H. The van der Waals surface area contributed by atoms with E-state index in [2.05, 4.69) is 33.4 Å². The van der Waals surface area contributed by atoms with Crippen molar-refractivity contribution in [1.82, 2.24) is 4.90 Å². The summed E-state index contributed by atoms with van der Waals surface area (Å²) in [7, 11) is 3.96. The summed E-state index contributed by atoms with van der Waals surface area (Å²) in [6.45, 7) is 0.502. The predicted octanol–water partition coefficient (Wildman–Crippen LogP) is 3.96. The molecule has 140 valence electrons. The molecule has 0 amide bonds. The predicted molar refractivity (Wildman–Crippen MR) is 117 cm³/mol. The van der Waals surface area contributed by atoms with Crippen LogP contribution in [0.25, 0.3) is 0 Å². The molecule has 0 heterocycles. The van der Waals surface area contributed by atoms with E-state index in [-0.39, 0.29) is 35.8 Å². The number of fused-ring (bicyclic) bond motifs is 1. The van der Waals surface area contributed by atoms with Crippen LogP contribution in [0.2, 0.25) is 0 Å². The molecule has 0 aliphatic heterocycles. The van der Waals surface area contributed by atoms with E-state index in [9.17, 15) is 4.39 Å². The van der Waals surface area contributed by atoms with E-state index < -0.39 is 0 Å². The van der Waals surface area contributed by atoms with Gasteiger partial charge < -0.3 is 16.0 Å². The highest BCUT2D eigenvalue weighted by atomic mass is 127. The van der Waals surface area contributed by atoms with E-state index in [1.807, 2.05) is 14.1 Å². The highest BCUT2D eigenvalue weighted by Crippen LogP contribution is 2.25. The third kappa shape index (κ3) is 5.17. The van der Waals surface area contributed by atoms with Crippen LogP contribution in [0.1, 0.15) is 29.2 Å². The molecule has 2 aromatic rings. The summed E-state index contributed by atoms with van der Waals surface area (Å²) in [5, 5.41) is 3.18. The van der Waals surface area contributed by atoms with E-state index >= 15 is 0 Å². The summed E-state index contributed by atoms with van der Waals surface area (Å²) in [4.78, 5) is 6.54. The lowest BCUT2D eigenvalue weighted by molar-refractivity contribution is 0.306. The summed E-state index contributed by atoms with van der Waals surface area (Å²) in [6, 6.07) is 13.0. The maximum absolute atomic E-state index is 13.1. The Bertz CT molecular complexity index is 759. The number of hydrogen-bond donors (Lipinski definition) is 2. The first-order valence-electron chi connectivity index (χ1n) is 8.63. The minimum Gasteiger partial charge on any atom is -0.370 e. The summed E-state index contributed by atoms with van der Waals surface area (Å²) in [6.07, 6.45) is 3.53. The van der Waals surface area contributed by atoms with Crippen LogP contribution < -0.4 is 11.1 Å². The number of aryl methyl sites for hydroxylation is 2. The van der Waals surface area contributed by atoms with Gasteiger partial charge in [0, 0.05) is 5.69 Å². The molecule has 1 aliphatic carbocycles. The molecule has 3 N–H and O–H groups in total. The van der Waals surface area contributed by atoms with Crippen molar-refractivity contribution in [1.29, 1.82) is 0 Å². The van der Waals surface area contributed by atoms with Crippen molar-refractivity contribution in [3.05, 3.63) is 65.0 Å². The summed E-state index contributed by atoms with van der Waals surface area (Å²) >= 11 is 0. The lowest BCUT2D eigenvalue weighted by Gasteiger charge is -2.23. The maximum atomic E-state index is 13.1. The van der Waals surface area contributed by atoms with E-state index in [0.29, 0.717) is 12.5 Å². The van der Waals surface area contributed by atoms with Crippen molar-refractivity contribution in [2.24, 2.45) is 10.7 Å². The number of hydrogen-bond acceptors (Lipinski definition) is 2. The number of rotatable bonds is 5. The number of benzene rings is 2. The fraction of sp³-hybridized carbons (Fsp3) is 0.350. The van der Waals surface area contributed by atoms with Crippen molar-refractivity contribution in [2.45, 2.75) is 25.3 Å². The molecule has 1 atom stereocenters. The van der Waals surface area contributed by atoms with Gasteiger partial charge in [0.05, 0.1) is 12.6 Å². The second-order valence-electron chi connectivity index (χ2n) is 6.72. The van der Waals surface area contributed by atoms with Gasteiger partial charge in [0.25, 0.3) is 0 Å². The zero-order chi connectivity index (χ0) is 17.8. The molecule has 3 rings (SSSR count). The van der Waals surface area contributed by atoms with Crippen molar-refractivity contribution in [3.8, 4) is 0 Å². The highest BCUT2D eigenvalue weighted by molar-refractivity contribution is 14.0. The zero-order valence-corrected chi connectivity index (χ0v) is 17.5. The minimum atomic E-state index is -0.234. The van der Waals surface area contributed by atoms with Gasteiger partial charge >= 0.3 is 0 Å². The molecule has 0 spiro atoms. The number of aliphatic imine (C=N–C) groups is 1. The summed E-state index contributed by atoms with van der Waals surface area (Å²) in [5.74, 6) is 0.162. The normalized spacial score (nSPS) is 14.7. The fourth-order valence-corrected chi connectivity index (χ4v) is 3.27. The van der Waals surface area contributed by atoms with E-state index in [1.54, 1.807) is 12.1 Å². The number of anilines is 1. The number of guanidine groups is 1. The lowest BCUT2D eigenvalue weighted by Crippen LogP contribution is -2.27. The zero-order valence-electron chi connectivity index (χ0n) is 15.2. The molecule has 0 aromatic heterocycles. The second-order valence-corrected chi connectivity index (χ2v) is 6.72. The van der Waals surface area contributed by atoms with Gasteiger partial charge in [-0.2, -0.15) is 0 Å². The molecular formula is C20H26FIN4.